The van der Waals surface area contributed by atoms with Crippen molar-refractivity contribution in [3.05, 3.63) is 23.8 Å². The number of imide groups is 1. The number of nitrogens with one attached hydrogen (secondary N) is 1. The molecule has 1 aromatic rings. The highest BCUT2D eigenvalue weighted by atomic mass is 16.7. The number of piperidine rings is 1. The maximum absolute atomic E-state index is 13.0. The number of ether oxygens (including phenoxy) is 2. The lowest BCUT2D eigenvalue weighted by Gasteiger charge is -2.37. The predicted octanol–water partition coefficient (Wildman–Crippen LogP) is 0.507. The fraction of sp³-hybridized carbons (Fsp3) is 0.619. The number of amides is 3. The number of hydrogen-bond acceptors (Lipinski definition) is 7. The van der Waals surface area contributed by atoms with Crippen LogP contribution in [0.15, 0.2) is 18.2 Å². The summed E-state index contributed by atoms with van der Waals surface area (Å²) in [4.78, 5) is 33.8. The van der Waals surface area contributed by atoms with Gasteiger partial charge < -0.3 is 19.7 Å². The quantitative estimate of drug-likeness (QED) is 0.718. The van der Waals surface area contributed by atoms with Crippen LogP contribution in [0.3, 0.4) is 0 Å². The van der Waals surface area contributed by atoms with Crippen molar-refractivity contribution in [1.29, 1.82) is 0 Å². The van der Waals surface area contributed by atoms with Crippen molar-refractivity contribution in [3.8, 4) is 11.5 Å². The normalized spacial score (nSPS) is 24.6. The van der Waals surface area contributed by atoms with Crippen molar-refractivity contribution >= 4 is 11.9 Å². The highest BCUT2D eigenvalue weighted by molar-refractivity contribution is 6.07. The van der Waals surface area contributed by atoms with E-state index in [1.807, 2.05) is 12.1 Å². The van der Waals surface area contributed by atoms with Gasteiger partial charge in [0.15, 0.2) is 11.5 Å². The largest absolute Gasteiger partial charge is 0.454 e. The Balaban J connectivity index is 1.14. The van der Waals surface area contributed by atoms with E-state index in [0.717, 1.165) is 57.3 Å². The number of nitrogens with zero attached hydrogens (tertiary/aromatic N) is 4. The van der Waals surface area contributed by atoms with Crippen LogP contribution in [0.4, 0.5) is 4.79 Å². The molecule has 0 bridgehead atoms. The highest BCUT2D eigenvalue weighted by Crippen LogP contribution is 2.33. The first-order chi connectivity index (χ1) is 14.5. The zero-order valence-electron chi connectivity index (χ0n) is 17.4. The average molecular weight is 415 g/mol. The zero-order chi connectivity index (χ0) is 20.7. The first kappa shape index (κ1) is 19.6. The van der Waals surface area contributed by atoms with Crippen LogP contribution in [0.5, 0.6) is 11.5 Å². The maximum atomic E-state index is 13.0. The Hall–Kier alpha value is -2.36. The maximum Gasteiger partial charge on any atom is 0.326 e. The molecule has 3 amide bonds. The van der Waals surface area contributed by atoms with E-state index in [0.29, 0.717) is 19.5 Å². The third-order valence-corrected chi connectivity index (χ3v) is 6.74. The Morgan fingerprint density at radius 3 is 2.43 bits per heavy atom. The smallest absolute Gasteiger partial charge is 0.326 e. The van der Waals surface area contributed by atoms with Crippen LogP contribution in [0.2, 0.25) is 0 Å². The van der Waals surface area contributed by atoms with Gasteiger partial charge in [0.05, 0.1) is 6.67 Å². The van der Waals surface area contributed by atoms with Crippen molar-refractivity contribution in [2.45, 2.75) is 24.9 Å². The van der Waals surface area contributed by atoms with Gasteiger partial charge >= 0.3 is 6.03 Å². The van der Waals surface area contributed by atoms with E-state index in [-0.39, 0.29) is 18.7 Å². The monoisotopic (exact) mass is 415 g/mol. The molecule has 9 heteroatoms. The lowest BCUT2D eigenvalue weighted by atomic mass is 9.88. The number of likely N-dealkylation sites (tertiary alicyclic amines) is 1. The number of rotatable bonds is 4. The molecule has 30 heavy (non-hydrogen) atoms. The third kappa shape index (κ3) is 3.61. The Morgan fingerprint density at radius 1 is 0.967 bits per heavy atom. The number of hydrogen-bond donors (Lipinski definition) is 1. The van der Waals surface area contributed by atoms with E-state index in [9.17, 15) is 9.59 Å². The molecule has 3 fully saturated rings. The number of piperazine rings is 1. The van der Waals surface area contributed by atoms with Crippen molar-refractivity contribution in [2.75, 3.05) is 59.8 Å². The van der Waals surface area contributed by atoms with Gasteiger partial charge in [0, 0.05) is 45.8 Å². The van der Waals surface area contributed by atoms with Gasteiger partial charge in [-0.3, -0.25) is 14.6 Å². The number of benzene rings is 1. The molecule has 1 N–H and O–H groups in total. The Bertz CT molecular complexity index is 831. The van der Waals surface area contributed by atoms with Gasteiger partial charge in [-0.1, -0.05) is 6.07 Å². The van der Waals surface area contributed by atoms with Gasteiger partial charge in [-0.05, 0) is 37.6 Å². The number of fused-ring (bicyclic) bond motifs is 1. The summed E-state index contributed by atoms with van der Waals surface area (Å²) in [5, 5.41) is 2.99. The summed E-state index contributed by atoms with van der Waals surface area (Å²) >= 11 is 0. The summed E-state index contributed by atoms with van der Waals surface area (Å²) < 4.78 is 10.8. The minimum atomic E-state index is -0.690. The Morgan fingerprint density at radius 2 is 1.67 bits per heavy atom. The minimum Gasteiger partial charge on any atom is -0.454 e. The summed E-state index contributed by atoms with van der Waals surface area (Å²) in [6, 6.07) is 5.84. The predicted molar refractivity (Wildman–Crippen MR) is 109 cm³/mol. The van der Waals surface area contributed by atoms with Crippen LogP contribution in [0.25, 0.3) is 0 Å². The molecule has 9 nitrogen and oxygen atoms in total. The van der Waals surface area contributed by atoms with E-state index in [2.05, 4.69) is 33.1 Å². The molecule has 0 unspecified atom stereocenters. The second kappa shape index (κ2) is 7.72. The third-order valence-electron chi connectivity index (χ3n) is 6.74. The Labute approximate surface area is 176 Å². The summed E-state index contributed by atoms with van der Waals surface area (Å²) in [5.41, 5.74) is 0.510. The van der Waals surface area contributed by atoms with Crippen molar-refractivity contribution in [1.82, 2.24) is 24.9 Å². The van der Waals surface area contributed by atoms with Crippen LogP contribution < -0.4 is 14.8 Å². The molecule has 0 radical (unpaired) electrons. The van der Waals surface area contributed by atoms with Crippen LogP contribution in [0, 0.1) is 0 Å². The van der Waals surface area contributed by atoms with E-state index >= 15 is 0 Å². The highest BCUT2D eigenvalue weighted by Gasteiger charge is 2.52. The standard InChI is InChI=1S/C21H29N5O4/c1-23-6-4-21(5-7-23)19(27)26(20(28)22-21)14-25-10-8-24(9-11-25)13-16-2-3-17-18(12-16)30-15-29-17/h2-3,12H,4-11,13-15H2,1H3,(H,22,28). The average Bonchev–Trinajstić information content (AvgIpc) is 3.30. The van der Waals surface area contributed by atoms with Gasteiger partial charge in [0.25, 0.3) is 5.91 Å². The van der Waals surface area contributed by atoms with Crippen LogP contribution in [-0.2, 0) is 11.3 Å². The van der Waals surface area contributed by atoms with Crippen LogP contribution in [-0.4, -0.2) is 96.9 Å². The SMILES string of the molecule is CN1CCC2(CC1)NC(=O)N(CN1CCN(Cc3ccc4c(c3)OCO4)CC1)C2=O. The fourth-order valence-corrected chi connectivity index (χ4v) is 4.73. The number of carbonyl (C=O) groups excluding carboxylic acids is 2. The first-order valence-electron chi connectivity index (χ1n) is 10.7. The second-order valence-corrected chi connectivity index (χ2v) is 8.77. The summed E-state index contributed by atoms with van der Waals surface area (Å²) in [7, 11) is 2.05. The van der Waals surface area contributed by atoms with E-state index in [4.69, 9.17) is 9.47 Å². The molecule has 0 saturated carbocycles. The molecule has 0 aliphatic carbocycles. The van der Waals surface area contributed by atoms with Gasteiger partial charge in [-0.15, -0.1) is 0 Å². The van der Waals surface area contributed by atoms with Crippen molar-refractivity contribution < 1.29 is 19.1 Å². The van der Waals surface area contributed by atoms with E-state index in [1.165, 1.54) is 10.5 Å². The molecule has 1 aromatic carbocycles. The first-order valence-corrected chi connectivity index (χ1v) is 10.7. The fourth-order valence-electron chi connectivity index (χ4n) is 4.73. The lowest BCUT2D eigenvalue weighted by Crippen LogP contribution is -2.55. The minimum absolute atomic E-state index is 0.0524. The molecule has 4 heterocycles. The summed E-state index contributed by atoms with van der Waals surface area (Å²) in [6.45, 7) is 6.64. The number of urea groups is 1. The van der Waals surface area contributed by atoms with Gasteiger partial charge in [-0.25, -0.2) is 9.69 Å². The van der Waals surface area contributed by atoms with Crippen molar-refractivity contribution in [2.24, 2.45) is 0 Å². The molecule has 162 valence electrons. The molecule has 4 aliphatic rings. The molecule has 0 atom stereocenters. The van der Waals surface area contributed by atoms with Crippen molar-refractivity contribution in [3.63, 3.8) is 0 Å². The lowest BCUT2D eigenvalue weighted by molar-refractivity contribution is -0.134. The summed E-state index contributed by atoms with van der Waals surface area (Å²) in [6.07, 6.45) is 1.38. The topological polar surface area (TPSA) is 77.6 Å². The van der Waals surface area contributed by atoms with Crippen LogP contribution in [0.1, 0.15) is 18.4 Å². The van der Waals surface area contributed by atoms with E-state index in [1.54, 1.807) is 0 Å². The second-order valence-electron chi connectivity index (χ2n) is 8.77. The van der Waals surface area contributed by atoms with Crippen LogP contribution >= 0.6 is 0 Å². The zero-order valence-corrected chi connectivity index (χ0v) is 17.4. The number of carbonyl (C=O) groups is 2. The summed E-state index contributed by atoms with van der Waals surface area (Å²) in [5.74, 6) is 1.57. The Kier molecular flexibility index (Phi) is 5.04. The molecule has 0 aromatic heterocycles. The molecular weight excluding hydrogens is 386 g/mol. The van der Waals surface area contributed by atoms with Gasteiger partial charge in [0.2, 0.25) is 6.79 Å². The molecular formula is C21H29N5O4. The molecule has 5 rings (SSSR count). The molecule has 3 saturated heterocycles. The van der Waals surface area contributed by atoms with Gasteiger partial charge in [0.1, 0.15) is 5.54 Å². The van der Waals surface area contributed by atoms with Gasteiger partial charge in [-0.2, -0.15) is 0 Å². The molecule has 1 spiro atoms. The molecule has 4 aliphatic heterocycles. The van der Waals surface area contributed by atoms with E-state index < -0.39 is 5.54 Å².